The molecule has 0 saturated carbocycles. The van der Waals surface area contributed by atoms with Gasteiger partial charge in [-0.25, -0.2) is 0 Å². The summed E-state index contributed by atoms with van der Waals surface area (Å²) in [5.74, 6) is 0. The molecule has 70 valence electrons. The molecule has 0 spiro atoms. The minimum atomic E-state index is 0.0439. The highest BCUT2D eigenvalue weighted by atomic mass is 14.8. The second-order valence-corrected chi connectivity index (χ2v) is 5.17. The van der Waals surface area contributed by atoms with E-state index in [1.807, 2.05) is 12.3 Å². The van der Waals surface area contributed by atoms with E-state index in [9.17, 15) is 0 Å². The SMILES string of the molecule is CC(C)(C)/C=C/C=N/C(C)(C)C. The van der Waals surface area contributed by atoms with Gasteiger partial charge in [0, 0.05) is 6.21 Å². The molecule has 12 heavy (non-hydrogen) atoms. The van der Waals surface area contributed by atoms with Crippen molar-refractivity contribution in [2.75, 3.05) is 0 Å². The van der Waals surface area contributed by atoms with Gasteiger partial charge in [0.15, 0.2) is 0 Å². The first-order valence-electron chi connectivity index (χ1n) is 4.44. The van der Waals surface area contributed by atoms with Crippen molar-refractivity contribution in [3.05, 3.63) is 12.2 Å². The molecule has 0 bridgehead atoms. The fourth-order valence-electron chi connectivity index (χ4n) is 0.598. The van der Waals surface area contributed by atoms with Gasteiger partial charge in [0.05, 0.1) is 5.54 Å². The predicted molar refractivity (Wildman–Crippen MR) is 56.8 cm³/mol. The van der Waals surface area contributed by atoms with E-state index in [1.54, 1.807) is 0 Å². The van der Waals surface area contributed by atoms with Gasteiger partial charge in [0.1, 0.15) is 0 Å². The molecule has 0 N–H and O–H groups in total. The van der Waals surface area contributed by atoms with E-state index in [2.05, 4.69) is 52.6 Å². The molecule has 1 heteroatoms. The maximum Gasteiger partial charge on any atom is 0.0524 e. The zero-order valence-corrected chi connectivity index (χ0v) is 9.18. The molecule has 0 saturated heterocycles. The highest BCUT2D eigenvalue weighted by molar-refractivity contribution is 5.71. The summed E-state index contributed by atoms with van der Waals surface area (Å²) in [6, 6.07) is 0. The number of hydrogen-bond donors (Lipinski definition) is 0. The average molecular weight is 167 g/mol. The number of nitrogens with zero attached hydrogens (tertiary/aromatic N) is 1. The summed E-state index contributed by atoms with van der Waals surface area (Å²) in [4.78, 5) is 4.35. The lowest BCUT2D eigenvalue weighted by Crippen LogP contribution is -2.09. The lowest BCUT2D eigenvalue weighted by molar-refractivity contribution is 0.544. The second-order valence-electron chi connectivity index (χ2n) is 5.17. The largest absolute Gasteiger partial charge is 0.287 e. The van der Waals surface area contributed by atoms with Gasteiger partial charge >= 0.3 is 0 Å². The van der Waals surface area contributed by atoms with E-state index in [0.29, 0.717) is 0 Å². The van der Waals surface area contributed by atoms with Crippen LogP contribution in [0.4, 0.5) is 0 Å². The molecule has 0 aromatic heterocycles. The van der Waals surface area contributed by atoms with Crippen LogP contribution in [0.15, 0.2) is 17.1 Å². The maximum atomic E-state index is 4.35. The lowest BCUT2D eigenvalue weighted by Gasteiger charge is -2.11. The van der Waals surface area contributed by atoms with Crippen LogP contribution in [0.25, 0.3) is 0 Å². The molecule has 0 amide bonds. The van der Waals surface area contributed by atoms with Crippen LogP contribution in [0.2, 0.25) is 0 Å². The zero-order chi connectivity index (χ0) is 9.83. The van der Waals surface area contributed by atoms with Crippen LogP contribution in [-0.2, 0) is 0 Å². The van der Waals surface area contributed by atoms with Crippen LogP contribution in [0.3, 0.4) is 0 Å². The Kier molecular flexibility index (Phi) is 3.69. The molecule has 0 atom stereocenters. The molecule has 0 heterocycles. The van der Waals surface area contributed by atoms with E-state index in [1.165, 1.54) is 0 Å². The van der Waals surface area contributed by atoms with Crippen LogP contribution in [0, 0.1) is 5.41 Å². The van der Waals surface area contributed by atoms with Gasteiger partial charge in [0.2, 0.25) is 0 Å². The second kappa shape index (κ2) is 3.88. The van der Waals surface area contributed by atoms with Gasteiger partial charge in [-0.3, -0.25) is 4.99 Å². The van der Waals surface area contributed by atoms with Crippen molar-refractivity contribution >= 4 is 6.21 Å². The minimum Gasteiger partial charge on any atom is -0.287 e. The number of aliphatic imine (C=N–C) groups is 1. The summed E-state index contributed by atoms with van der Waals surface area (Å²) in [6.07, 6.45) is 6.05. The number of hydrogen-bond acceptors (Lipinski definition) is 1. The molecule has 0 unspecified atom stereocenters. The third-order valence-corrected chi connectivity index (χ3v) is 1.14. The first kappa shape index (κ1) is 11.4. The Hall–Kier alpha value is -0.590. The van der Waals surface area contributed by atoms with Crippen molar-refractivity contribution in [2.24, 2.45) is 10.4 Å². The van der Waals surface area contributed by atoms with Crippen LogP contribution < -0.4 is 0 Å². The van der Waals surface area contributed by atoms with Gasteiger partial charge in [0.25, 0.3) is 0 Å². The van der Waals surface area contributed by atoms with Crippen molar-refractivity contribution in [1.82, 2.24) is 0 Å². The van der Waals surface area contributed by atoms with E-state index >= 15 is 0 Å². The third kappa shape index (κ3) is 9.41. The highest BCUT2D eigenvalue weighted by Crippen LogP contribution is 2.13. The van der Waals surface area contributed by atoms with E-state index < -0.39 is 0 Å². The predicted octanol–water partition coefficient (Wildman–Crippen LogP) is 3.46. The van der Waals surface area contributed by atoms with Gasteiger partial charge in [-0.05, 0) is 32.3 Å². The molecule has 1 nitrogen and oxygen atoms in total. The first-order chi connectivity index (χ1) is 5.21. The minimum absolute atomic E-state index is 0.0439. The Morgan fingerprint density at radius 3 is 1.75 bits per heavy atom. The van der Waals surface area contributed by atoms with Crippen molar-refractivity contribution in [1.29, 1.82) is 0 Å². The Balaban J connectivity index is 4.00. The summed E-state index contributed by atoms with van der Waals surface area (Å²) in [6.45, 7) is 12.8. The van der Waals surface area contributed by atoms with Gasteiger partial charge in [-0.1, -0.05) is 26.8 Å². The molecule has 0 aromatic carbocycles. The smallest absolute Gasteiger partial charge is 0.0524 e. The third-order valence-electron chi connectivity index (χ3n) is 1.14. The molecular formula is C11H21N. The summed E-state index contributed by atoms with van der Waals surface area (Å²) in [7, 11) is 0. The Bertz CT molecular complexity index is 152. The molecule has 0 aromatic rings. The fraction of sp³-hybridized carbons (Fsp3) is 0.727. The topological polar surface area (TPSA) is 12.4 Å². The van der Waals surface area contributed by atoms with Crippen LogP contribution in [0.5, 0.6) is 0 Å². The van der Waals surface area contributed by atoms with Crippen LogP contribution >= 0.6 is 0 Å². The van der Waals surface area contributed by atoms with Crippen molar-refractivity contribution < 1.29 is 0 Å². The maximum absolute atomic E-state index is 4.35. The normalized spacial score (nSPS) is 14.8. The van der Waals surface area contributed by atoms with Gasteiger partial charge < -0.3 is 0 Å². The molecular weight excluding hydrogens is 146 g/mol. The first-order valence-corrected chi connectivity index (χ1v) is 4.44. The molecule has 0 radical (unpaired) electrons. The standard InChI is InChI=1S/C11H21N/c1-10(2,3)8-7-9-12-11(4,5)6/h7-9H,1-6H3/b8-7+,12-9+. The fourth-order valence-corrected chi connectivity index (χ4v) is 0.598. The molecule has 0 aliphatic rings. The summed E-state index contributed by atoms with van der Waals surface area (Å²) >= 11 is 0. The summed E-state index contributed by atoms with van der Waals surface area (Å²) in [5.41, 5.74) is 0.298. The zero-order valence-electron chi connectivity index (χ0n) is 9.18. The summed E-state index contributed by atoms with van der Waals surface area (Å²) in [5, 5.41) is 0. The quantitative estimate of drug-likeness (QED) is 0.530. The Morgan fingerprint density at radius 1 is 0.917 bits per heavy atom. The molecule has 0 fully saturated rings. The van der Waals surface area contributed by atoms with Gasteiger partial charge in [-0.2, -0.15) is 0 Å². The number of rotatable bonds is 1. The van der Waals surface area contributed by atoms with E-state index in [4.69, 9.17) is 0 Å². The highest BCUT2D eigenvalue weighted by Gasteiger charge is 2.04. The van der Waals surface area contributed by atoms with Crippen LogP contribution in [-0.4, -0.2) is 11.8 Å². The van der Waals surface area contributed by atoms with Crippen molar-refractivity contribution in [2.45, 2.75) is 47.1 Å². The monoisotopic (exact) mass is 167 g/mol. The van der Waals surface area contributed by atoms with E-state index in [0.717, 1.165) is 0 Å². The Labute approximate surface area is 76.6 Å². The lowest BCUT2D eigenvalue weighted by atomic mass is 9.96. The molecule has 0 aliphatic carbocycles. The van der Waals surface area contributed by atoms with Crippen molar-refractivity contribution in [3.63, 3.8) is 0 Å². The van der Waals surface area contributed by atoms with Crippen molar-refractivity contribution in [3.8, 4) is 0 Å². The van der Waals surface area contributed by atoms with Crippen LogP contribution in [0.1, 0.15) is 41.5 Å². The Morgan fingerprint density at radius 2 is 1.42 bits per heavy atom. The summed E-state index contributed by atoms with van der Waals surface area (Å²) < 4.78 is 0. The average Bonchev–Trinajstić information content (AvgIpc) is 1.76. The molecule has 0 aliphatic heterocycles. The van der Waals surface area contributed by atoms with E-state index in [-0.39, 0.29) is 11.0 Å². The van der Waals surface area contributed by atoms with Gasteiger partial charge in [-0.15, -0.1) is 0 Å². The molecule has 0 rings (SSSR count). The number of allylic oxidation sites excluding steroid dienone is 2.